The first-order chi connectivity index (χ1) is 10.6. The predicted octanol–water partition coefficient (Wildman–Crippen LogP) is 2.55. The molecule has 112 valence electrons. The van der Waals surface area contributed by atoms with Crippen LogP contribution in [0.25, 0.3) is 21.8 Å². The van der Waals surface area contributed by atoms with E-state index >= 15 is 0 Å². The summed E-state index contributed by atoms with van der Waals surface area (Å²) < 4.78 is 13.7. The molecule has 5 nitrogen and oxygen atoms in total. The second-order valence-electron chi connectivity index (χ2n) is 5.62. The van der Waals surface area contributed by atoms with Gasteiger partial charge in [-0.1, -0.05) is 0 Å². The zero-order valence-corrected chi connectivity index (χ0v) is 11.9. The minimum Gasteiger partial charge on any atom is -0.365 e. The van der Waals surface area contributed by atoms with Crippen LogP contribution in [0.1, 0.15) is 23.2 Å². The average Bonchev–Trinajstić information content (AvgIpc) is 3.13. The lowest BCUT2D eigenvalue weighted by Crippen LogP contribution is -2.20. The Kier molecular flexibility index (Phi) is 2.79. The molecule has 3 aromatic rings. The number of carbonyl (C=O) groups is 1. The van der Waals surface area contributed by atoms with Gasteiger partial charge in [0.2, 0.25) is 0 Å². The van der Waals surface area contributed by atoms with E-state index in [0.29, 0.717) is 11.1 Å². The minimum absolute atomic E-state index is 0.315. The lowest BCUT2D eigenvalue weighted by Gasteiger charge is -2.18. The van der Waals surface area contributed by atoms with Gasteiger partial charge in [-0.2, -0.15) is 0 Å². The van der Waals surface area contributed by atoms with Gasteiger partial charge in [0.25, 0.3) is 5.91 Å². The van der Waals surface area contributed by atoms with Crippen molar-refractivity contribution in [1.82, 2.24) is 9.97 Å². The van der Waals surface area contributed by atoms with E-state index in [0.717, 1.165) is 48.0 Å². The van der Waals surface area contributed by atoms with Gasteiger partial charge < -0.3 is 15.6 Å². The molecule has 1 aromatic carbocycles. The number of anilines is 1. The first kappa shape index (κ1) is 13.1. The zero-order valence-electron chi connectivity index (χ0n) is 11.9. The van der Waals surface area contributed by atoms with E-state index in [2.05, 4.69) is 14.9 Å². The second kappa shape index (κ2) is 4.69. The molecule has 3 heterocycles. The van der Waals surface area contributed by atoms with Gasteiger partial charge in [-0.25, -0.2) is 9.37 Å². The van der Waals surface area contributed by atoms with Crippen molar-refractivity contribution < 1.29 is 9.18 Å². The summed E-state index contributed by atoms with van der Waals surface area (Å²) in [4.78, 5) is 21.5. The SMILES string of the molecule is NC(=O)c1cnc(N2CCCC2)c2c1[nH]c1ccc(F)cc12. The van der Waals surface area contributed by atoms with Crippen molar-refractivity contribution in [2.75, 3.05) is 18.0 Å². The maximum Gasteiger partial charge on any atom is 0.252 e. The molecular weight excluding hydrogens is 283 g/mol. The van der Waals surface area contributed by atoms with E-state index in [9.17, 15) is 9.18 Å². The normalized spacial score (nSPS) is 15.0. The fraction of sp³-hybridized carbons (Fsp3) is 0.250. The number of hydrogen-bond acceptors (Lipinski definition) is 3. The van der Waals surface area contributed by atoms with Crippen LogP contribution in [0.3, 0.4) is 0 Å². The Morgan fingerprint density at radius 2 is 2.09 bits per heavy atom. The van der Waals surface area contributed by atoms with E-state index in [-0.39, 0.29) is 5.82 Å². The van der Waals surface area contributed by atoms with Gasteiger partial charge in [0, 0.05) is 30.2 Å². The zero-order chi connectivity index (χ0) is 15.3. The van der Waals surface area contributed by atoms with Crippen LogP contribution in [0, 0.1) is 5.82 Å². The van der Waals surface area contributed by atoms with Crippen LogP contribution in [-0.4, -0.2) is 29.0 Å². The number of primary amides is 1. The van der Waals surface area contributed by atoms with Crippen molar-refractivity contribution in [2.45, 2.75) is 12.8 Å². The smallest absolute Gasteiger partial charge is 0.252 e. The number of H-pyrrole nitrogens is 1. The molecule has 0 unspecified atom stereocenters. The van der Waals surface area contributed by atoms with Crippen LogP contribution < -0.4 is 10.6 Å². The van der Waals surface area contributed by atoms with Gasteiger partial charge in [-0.05, 0) is 31.0 Å². The third-order valence-corrected chi connectivity index (χ3v) is 4.24. The Hall–Kier alpha value is -2.63. The number of nitrogens with zero attached hydrogens (tertiary/aromatic N) is 2. The van der Waals surface area contributed by atoms with Crippen molar-refractivity contribution in [1.29, 1.82) is 0 Å². The van der Waals surface area contributed by atoms with Crippen LogP contribution >= 0.6 is 0 Å². The molecule has 6 heteroatoms. The number of hydrogen-bond donors (Lipinski definition) is 2. The molecule has 0 spiro atoms. The number of amides is 1. The van der Waals surface area contributed by atoms with E-state index in [1.807, 2.05) is 0 Å². The first-order valence-corrected chi connectivity index (χ1v) is 7.30. The van der Waals surface area contributed by atoms with E-state index in [1.54, 1.807) is 6.07 Å². The molecule has 0 radical (unpaired) electrons. The highest BCUT2D eigenvalue weighted by Crippen LogP contribution is 2.35. The summed E-state index contributed by atoms with van der Waals surface area (Å²) in [5, 5.41) is 1.50. The Bertz CT molecular complexity index is 896. The molecule has 4 rings (SSSR count). The van der Waals surface area contributed by atoms with Crippen LogP contribution in [0.2, 0.25) is 0 Å². The van der Waals surface area contributed by atoms with Crippen LogP contribution in [0.15, 0.2) is 24.4 Å². The van der Waals surface area contributed by atoms with Gasteiger partial charge >= 0.3 is 0 Å². The largest absolute Gasteiger partial charge is 0.365 e. The second-order valence-corrected chi connectivity index (χ2v) is 5.62. The number of halogens is 1. The maximum atomic E-state index is 13.7. The quantitative estimate of drug-likeness (QED) is 0.763. The van der Waals surface area contributed by atoms with Crippen molar-refractivity contribution >= 4 is 33.5 Å². The number of carbonyl (C=O) groups excluding carboxylic acids is 1. The van der Waals surface area contributed by atoms with Gasteiger partial charge in [0.1, 0.15) is 11.6 Å². The summed E-state index contributed by atoms with van der Waals surface area (Å²) in [6, 6.07) is 4.54. The molecular formula is C16H15FN4O. The number of nitrogens with two attached hydrogens (primary N) is 1. The summed E-state index contributed by atoms with van der Waals surface area (Å²) in [6.45, 7) is 1.83. The molecule has 0 bridgehead atoms. The van der Waals surface area contributed by atoms with Crippen LogP contribution in [-0.2, 0) is 0 Å². The van der Waals surface area contributed by atoms with Crippen molar-refractivity contribution in [3.05, 3.63) is 35.8 Å². The molecule has 3 N–H and O–H groups in total. The van der Waals surface area contributed by atoms with E-state index in [1.165, 1.54) is 18.3 Å². The number of aromatic amines is 1. The predicted molar refractivity (Wildman–Crippen MR) is 83.5 cm³/mol. The molecule has 1 fully saturated rings. The number of aromatic nitrogens is 2. The van der Waals surface area contributed by atoms with Crippen molar-refractivity contribution in [3.63, 3.8) is 0 Å². The van der Waals surface area contributed by atoms with Gasteiger partial charge in [-0.15, -0.1) is 0 Å². The van der Waals surface area contributed by atoms with Crippen molar-refractivity contribution in [3.8, 4) is 0 Å². The average molecular weight is 298 g/mol. The Balaban J connectivity index is 2.11. The number of pyridine rings is 1. The third-order valence-electron chi connectivity index (χ3n) is 4.24. The summed E-state index contributed by atoms with van der Waals surface area (Å²) in [5.74, 6) is -0.0721. The van der Waals surface area contributed by atoms with Crippen molar-refractivity contribution in [2.24, 2.45) is 5.73 Å². The monoisotopic (exact) mass is 298 g/mol. The Labute approximate surface area is 125 Å². The van der Waals surface area contributed by atoms with Gasteiger partial charge in [0.05, 0.1) is 16.5 Å². The summed E-state index contributed by atoms with van der Waals surface area (Å²) in [5.41, 5.74) is 7.18. The van der Waals surface area contributed by atoms with E-state index in [4.69, 9.17) is 5.73 Å². The van der Waals surface area contributed by atoms with Gasteiger partial charge in [-0.3, -0.25) is 4.79 Å². The molecule has 1 aliphatic heterocycles. The lowest BCUT2D eigenvalue weighted by molar-refractivity contribution is 0.100. The standard InChI is InChI=1S/C16H15FN4O/c17-9-3-4-12-10(7-9)13-14(20-12)11(15(18)22)8-19-16(13)21-5-1-2-6-21/h3-4,7-8,20H,1-2,5-6H2,(H2,18,22). The number of benzene rings is 1. The van der Waals surface area contributed by atoms with Crippen LogP contribution in [0.5, 0.6) is 0 Å². The molecule has 1 amide bonds. The molecule has 2 aromatic heterocycles. The van der Waals surface area contributed by atoms with Crippen LogP contribution in [0.4, 0.5) is 10.2 Å². The maximum absolute atomic E-state index is 13.7. The minimum atomic E-state index is -0.544. The van der Waals surface area contributed by atoms with E-state index < -0.39 is 5.91 Å². The summed E-state index contributed by atoms with van der Waals surface area (Å²) in [6.07, 6.45) is 3.72. The molecule has 1 aliphatic rings. The third kappa shape index (κ3) is 1.83. The molecule has 1 saturated heterocycles. The Morgan fingerprint density at radius 1 is 1.32 bits per heavy atom. The Morgan fingerprint density at radius 3 is 2.82 bits per heavy atom. The fourth-order valence-electron chi connectivity index (χ4n) is 3.21. The number of rotatable bonds is 2. The number of fused-ring (bicyclic) bond motifs is 3. The highest BCUT2D eigenvalue weighted by atomic mass is 19.1. The first-order valence-electron chi connectivity index (χ1n) is 7.30. The summed E-state index contributed by atoms with van der Waals surface area (Å²) in [7, 11) is 0. The molecule has 0 aliphatic carbocycles. The molecule has 22 heavy (non-hydrogen) atoms. The topological polar surface area (TPSA) is 75.0 Å². The highest BCUT2D eigenvalue weighted by molar-refractivity contribution is 6.18. The number of nitrogens with one attached hydrogen (secondary N) is 1. The lowest BCUT2D eigenvalue weighted by atomic mass is 10.1. The highest BCUT2D eigenvalue weighted by Gasteiger charge is 2.22. The fourth-order valence-corrected chi connectivity index (χ4v) is 3.21. The molecule has 0 saturated carbocycles. The van der Waals surface area contributed by atoms with Gasteiger partial charge in [0.15, 0.2) is 0 Å². The molecule has 0 atom stereocenters. The summed E-state index contributed by atoms with van der Waals surface area (Å²) >= 11 is 0.